The zero-order chi connectivity index (χ0) is 8.74. The van der Waals surface area contributed by atoms with Crippen LogP contribution < -0.4 is 0 Å². The average molecular weight is 148 g/mol. The maximum Gasteiger partial charge on any atom is 0.0798 e. The van der Waals surface area contributed by atoms with Gasteiger partial charge in [0.1, 0.15) is 0 Å². The molecule has 0 aliphatic carbocycles. The van der Waals surface area contributed by atoms with E-state index in [2.05, 4.69) is 19.9 Å². The van der Waals surface area contributed by atoms with Crippen LogP contribution in [0.5, 0.6) is 0 Å². The van der Waals surface area contributed by atoms with Crippen LogP contribution in [0.1, 0.15) is 33.6 Å². The predicted molar refractivity (Wildman–Crippen MR) is 53.0 cm³/mol. The van der Waals surface area contributed by atoms with Crippen LogP contribution in [0.25, 0.3) is 0 Å². The van der Waals surface area contributed by atoms with E-state index in [0.717, 1.165) is 12.8 Å². The van der Waals surface area contributed by atoms with Gasteiger partial charge in [0, 0.05) is 0 Å². The molecule has 0 rings (SSSR count). The Kier molecular flexibility index (Phi) is 5.01. The van der Waals surface area contributed by atoms with Gasteiger partial charge in [-0.2, -0.15) is 0 Å². The molecule has 0 N–H and O–H groups in total. The van der Waals surface area contributed by atoms with Gasteiger partial charge in [0.15, 0.2) is 0 Å². The molecule has 2 radical (unpaired) electrons. The van der Waals surface area contributed by atoms with Crippen molar-refractivity contribution in [1.29, 1.82) is 0 Å². The molecule has 0 bridgehead atoms. The van der Waals surface area contributed by atoms with E-state index in [-0.39, 0.29) is 5.31 Å². The van der Waals surface area contributed by atoms with E-state index < -0.39 is 0 Å². The minimum Gasteiger partial charge on any atom is -0.0874 e. The molecular weight excluding hydrogens is 131 g/mol. The van der Waals surface area contributed by atoms with Crippen LogP contribution >= 0.6 is 0 Å². The molecule has 0 saturated heterocycles. The molecule has 0 nitrogen and oxygen atoms in total. The quantitative estimate of drug-likeness (QED) is 0.424. The molecule has 0 aliphatic rings. The highest BCUT2D eigenvalue weighted by Crippen LogP contribution is 2.25. The minimum absolute atomic E-state index is 0.141. The Balaban J connectivity index is 3.81. The molecule has 60 valence electrons. The Labute approximate surface area is 71.8 Å². The van der Waals surface area contributed by atoms with Crippen molar-refractivity contribution in [3.8, 4) is 0 Å². The van der Waals surface area contributed by atoms with Crippen LogP contribution in [0.3, 0.4) is 0 Å². The smallest absolute Gasteiger partial charge is 0.0798 e. The van der Waals surface area contributed by atoms with Gasteiger partial charge in [-0.05, 0) is 6.42 Å². The second-order valence-corrected chi connectivity index (χ2v) is 3.05. The molecule has 0 aromatic rings. The molecule has 0 heterocycles. The van der Waals surface area contributed by atoms with E-state index in [4.69, 9.17) is 7.85 Å². The molecule has 0 spiro atoms. The monoisotopic (exact) mass is 148 g/mol. The van der Waals surface area contributed by atoms with Crippen molar-refractivity contribution in [2.45, 2.75) is 38.9 Å². The van der Waals surface area contributed by atoms with Gasteiger partial charge in [-0.15, -0.1) is 0 Å². The third-order valence-electron chi connectivity index (χ3n) is 1.72. The van der Waals surface area contributed by atoms with E-state index in [9.17, 15) is 0 Å². The zero-order valence-electron chi connectivity index (χ0n) is 7.80. The molecular formula is C10H17B. The number of rotatable bonds is 4. The SMILES string of the molecule is [B]C(C)(/C=C\C=C/CC)CC. The second-order valence-electron chi connectivity index (χ2n) is 3.05. The predicted octanol–water partition coefficient (Wildman–Crippen LogP) is 3.27. The second kappa shape index (κ2) is 5.23. The number of hydrogen-bond donors (Lipinski definition) is 0. The van der Waals surface area contributed by atoms with Crippen LogP contribution in [0.2, 0.25) is 5.31 Å². The molecule has 0 aliphatic heterocycles. The van der Waals surface area contributed by atoms with Crippen molar-refractivity contribution in [2.24, 2.45) is 0 Å². The largest absolute Gasteiger partial charge is 0.0874 e. The van der Waals surface area contributed by atoms with Gasteiger partial charge >= 0.3 is 0 Å². The van der Waals surface area contributed by atoms with Crippen LogP contribution in [0, 0.1) is 0 Å². The molecule has 0 fully saturated rings. The molecule has 11 heavy (non-hydrogen) atoms. The lowest BCUT2D eigenvalue weighted by Crippen LogP contribution is -2.00. The van der Waals surface area contributed by atoms with Gasteiger partial charge in [0.05, 0.1) is 7.85 Å². The maximum atomic E-state index is 5.88. The summed E-state index contributed by atoms with van der Waals surface area (Å²) in [6, 6.07) is 0. The summed E-state index contributed by atoms with van der Waals surface area (Å²) in [5, 5.41) is -0.141. The Morgan fingerprint density at radius 3 is 2.36 bits per heavy atom. The van der Waals surface area contributed by atoms with Gasteiger partial charge < -0.3 is 0 Å². The van der Waals surface area contributed by atoms with E-state index >= 15 is 0 Å². The van der Waals surface area contributed by atoms with Crippen LogP contribution in [-0.4, -0.2) is 7.85 Å². The lowest BCUT2D eigenvalue weighted by molar-refractivity contribution is 0.725. The van der Waals surface area contributed by atoms with Crippen molar-refractivity contribution in [2.75, 3.05) is 0 Å². The Morgan fingerprint density at radius 2 is 1.91 bits per heavy atom. The summed E-state index contributed by atoms with van der Waals surface area (Å²) in [6.45, 7) is 6.24. The van der Waals surface area contributed by atoms with Crippen LogP contribution in [0.4, 0.5) is 0 Å². The summed E-state index contributed by atoms with van der Waals surface area (Å²) < 4.78 is 0. The van der Waals surface area contributed by atoms with Crippen LogP contribution in [0.15, 0.2) is 24.3 Å². The van der Waals surface area contributed by atoms with E-state index in [0.29, 0.717) is 0 Å². The van der Waals surface area contributed by atoms with Gasteiger partial charge in [0.2, 0.25) is 0 Å². The number of allylic oxidation sites excluding steroid dienone is 4. The zero-order valence-corrected chi connectivity index (χ0v) is 7.80. The summed E-state index contributed by atoms with van der Waals surface area (Å²) in [7, 11) is 5.88. The first-order valence-electron chi connectivity index (χ1n) is 4.25. The highest BCUT2D eigenvalue weighted by atomic mass is 14.1. The summed E-state index contributed by atoms with van der Waals surface area (Å²) >= 11 is 0. The molecule has 0 amide bonds. The molecule has 1 unspecified atom stereocenters. The highest BCUT2D eigenvalue weighted by Gasteiger charge is 2.07. The Morgan fingerprint density at radius 1 is 1.27 bits per heavy atom. The summed E-state index contributed by atoms with van der Waals surface area (Å²) in [5.41, 5.74) is 0. The molecule has 1 heteroatoms. The maximum absolute atomic E-state index is 5.88. The van der Waals surface area contributed by atoms with Crippen LogP contribution in [-0.2, 0) is 0 Å². The van der Waals surface area contributed by atoms with Crippen molar-refractivity contribution in [1.82, 2.24) is 0 Å². The fraction of sp³-hybridized carbons (Fsp3) is 0.600. The first kappa shape index (κ1) is 10.5. The van der Waals surface area contributed by atoms with Gasteiger partial charge in [-0.3, -0.25) is 0 Å². The summed E-state index contributed by atoms with van der Waals surface area (Å²) in [6.07, 6.45) is 10.3. The first-order chi connectivity index (χ1) is 5.12. The van der Waals surface area contributed by atoms with E-state index in [1.807, 2.05) is 25.2 Å². The third-order valence-corrected chi connectivity index (χ3v) is 1.72. The van der Waals surface area contributed by atoms with Crippen molar-refractivity contribution in [3.63, 3.8) is 0 Å². The molecule has 0 saturated carbocycles. The standard InChI is InChI=1S/C10H17B/c1-4-6-7-8-9-10(3,11)5-2/h6-9H,4-5H2,1-3H3/b7-6-,9-8-. The lowest BCUT2D eigenvalue weighted by atomic mass is 9.68. The van der Waals surface area contributed by atoms with Crippen molar-refractivity contribution in [3.05, 3.63) is 24.3 Å². The fourth-order valence-electron chi connectivity index (χ4n) is 0.608. The molecule has 0 aromatic heterocycles. The van der Waals surface area contributed by atoms with Gasteiger partial charge in [-0.1, -0.05) is 56.8 Å². The third kappa shape index (κ3) is 5.96. The lowest BCUT2D eigenvalue weighted by Gasteiger charge is -2.16. The molecule has 0 aromatic carbocycles. The van der Waals surface area contributed by atoms with E-state index in [1.165, 1.54) is 0 Å². The first-order valence-corrected chi connectivity index (χ1v) is 4.25. The van der Waals surface area contributed by atoms with E-state index in [1.54, 1.807) is 0 Å². The average Bonchev–Trinajstić information content (AvgIpc) is 1.99. The summed E-state index contributed by atoms with van der Waals surface area (Å²) in [4.78, 5) is 0. The topological polar surface area (TPSA) is 0 Å². The van der Waals surface area contributed by atoms with Gasteiger partial charge in [0.25, 0.3) is 0 Å². The number of hydrogen-bond acceptors (Lipinski definition) is 0. The highest BCUT2D eigenvalue weighted by molar-refractivity contribution is 6.16. The Hall–Kier alpha value is -0.455. The molecule has 1 atom stereocenters. The minimum atomic E-state index is -0.141. The normalized spacial score (nSPS) is 17.7. The van der Waals surface area contributed by atoms with Crippen molar-refractivity contribution < 1.29 is 0 Å². The van der Waals surface area contributed by atoms with Crippen molar-refractivity contribution >= 4 is 7.85 Å². The fourth-order valence-corrected chi connectivity index (χ4v) is 0.608. The van der Waals surface area contributed by atoms with Gasteiger partial charge in [-0.25, -0.2) is 0 Å². The Bertz CT molecular complexity index is 143. The summed E-state index contributed by atoms with van der Waals surface area (Å²) in [5.74, 6) is 0.